The van der Waals surface area contributed by atoms with Gasteiger partial charge in [-0.3, -0.25) is 5.43 Å². The first kappa shape index (κ1) is 18.3. The summed E-state index contributed by atoms with van der Waals surface area (Å²) < 4.78 is 0. The molecule has 0 aromatic heterocycles. The van der Waals surface area contributed by atoms with Gasteiger partial charge in [-0.25, -0.2) is 0 Å². The van der Waals surface area contributed by atoms with E-state index >= 15 is 0 Å². The lowest BCUT2D eigenvalue weighted by atomic mass is 10.1. The third kappa shape index (κ3) is 4.51. The summed E-state index contributed by atoms with van der Waals surface area (Å²) in [5.41, 5.74) is 11.2. The average molecular weight is 333 g/mol. The Morgan fingerprint density at radius 2 is 1.32 bits per heavy atom. The molecule has 0 amide bonds. The van der Waals surface area contributed by atoms with Crippen LogP contribution in [0.4, 0.5) is 11.4 Å². The summed E-state index contributed by atoms with van der Waals surface area (Å²) >= 11 is 0. The number of amidine groups is 1. The number of nitriles is 1. The highest BCUT2D eigenvalue weighted by Gasteiger charge is 2.05. The van der Waals surface area contributed by atoms with E-state index in [1.807, 2.05) is 59.7 Å². The number of rotatable bonds is 3. The minimum atomic E-state index is -0.0150. The van der Waals surface area contributed by atoms with Gasteiger partial charge in [0.2, 0.25) is 0 Å². The molecule has 25 heavy (non-hydrogen) atoms. The molecule has 0 atom stereocenters. The number of hydrazone groups is 1. The molecule has 5 heteroatoms. The van der Waals surface area contributed by atoms with Crippen LogP contribution in [0.5, 0.6) is 0 Å². The number of aryl methyl sites for hydroxylation is 6. The molecule has 2 aromatic rings. The smallest absolute Gasteiger partial charge is 0.270 e. The van der Waals surface area contributed by atoms with E-state index in [1.54, 1.807) is 0 Å². The standard InChI is InChI=1S/C20H23N5/c1-12-7-14(3)19(15(4)8-12)24-22-18(11-21)23-25-20-16(5)9-13(2)10-17(20)6/h7-10,24H,1-6H3/b22-18+,25-23?. The lowest BCUT2D eigenvalue weighted by Crippen LogP contribution is -2.00. The number of azo groups is 1. The maximum Gasteiger partial charge on any atom is 0.270 e. The summed E-state index contributed by atoms with van der Waals surface area (Å²) in [5.74, 6) is -0.0150. The molecule has 0 radical (unpaired) electrons. The summed E-state index contributed by atoms with van der Waals surface area (Å²) in [6, 6.07) is 10.2. The molecule has 5 nitrogen and oxygen atoms in total. The van der Waals surface area contributed by atoms with Crippen LogP contribution in [0.25, 0.3) is 0 Å². The number of nitrogens with zero attached hydrogens (tertiary/aromatic N) is 4. The molecule has 0 saturated heterocycles. The second-order valence-electron chi connectivity index (χ2n) is 6.38. The molecule has 2 rings (SSSR count). The maximum atomic E-state index is 9.27. The van der Waals surface area contributed by atoms with Gasteiger partial charge in [-0.1, -0.05) is 35.4 Å². The molecule has 0 aliphatic rings. The third-order valence-corrected chi connectivity index (χ3v) is 3.93. The van der Waals surface area contributed by atoms with Gasteiger partial charge in [0.25, 0.3) is 5.84 Å². The van der Waals surface area contributed by atoms with Crippen LogP contribution in [0, 0.1) is 52.9 Å². The average Bonchev–Trinajstić information content (AvgIpc) is 2.50. The maximum absolute atomic E-state index is 9.27. The number of hydrogen-bond donors (Lipinski definition) is 1. The number of anilines is 1. The van der Waals surface area contributed by atoms with Gasteiger partial charge in [0.15, 0.2) is 0 Å². The molecule has 0 fully saturated rings. The highest BCUT2D eigenvalue weighted by molar-refractivity contribution is 5.97. The van der Waals surface area contributed by atoms with Crippen molar-refractivity contribution in [2.45, 2.75) is 41.5 Å². The molecule has 0 spiro atoms. The van der Waals surface area contributed by atoms with Gasteiger partial charge in [-0.15, -0.1) is 15.3 Å². The van der Waals surface area contributed by atoms with Crippen molar-refractivity contribution >= 4 is 17.2 Å². The molecular formula is C20H23N5. The number of benzene rings is 2. The highest BCUT2D eigenvalue weighted by Crippen LogP contribution is 2.25. The third-order valence-electron chi connectivity index (χ3n) is 3.93. The van der Waals surface area contributed by atoms with Crippen molar-refractivity contribution in [3.8, 4) is 6.07 Å². The second kappa shape index (κ2) is 7.71. The van der Waals surface area contributed by atoms with Crippen LogP contribution < -0.4 is 5.43 Å². The molecule has 0 aliphatic carbocycles. The first-order chi connectivity index (χ1) is 11.8. The minimum absolute atomic E-state index is 0.0150. The fourth-order valence-corrected chi connectivity index (χ4v) is 2.96. The monoisotopic (exact) mass is 333 g/mol. The molecule has 0 unspecified atom stereocenters. The van der Waals surface area contributed by atoms with Crippen molar-refractivity contribution in [3.63, 3.8) is 0 Å². The summed E-state index contributed by atoms with van der Waals surface area (Å²) in [4.78, 5) is 0. The van der Waals surface area contributed by atoms with E-state index < -0.39 is 0 Å². The Morgan fingerprint density at radius 1 is 0.840 bits per heavy atom. The summed E-state index contributed by atoms with van der Waals surface area (Å²) in [6.07, 6.45) is 0. The molecular weight excluding hydrogens is 310 g/mol. The van der Waals surface area contributed by atoms with E-state index in [4.69, 9.17) is 0 Å². The fraction of sp³-hybridized carbons (Fsp3) is 0.300. The zero-order valence-corrected chi connectivity index (χ0v) is 15.6. The Bertz CT molecular complexity index is 855. The molecule has 0 saturated carbocycles. The van der Waals surface area contributed by atoms with Gasteiger partial charge in [0.05, 0.1) is 11.4 Å². The lowest BCUT2D eigenvalue weighted by Gasteiger charge is -2.10. The Labute approximate surface area is 149 Å². The molecule has 0 heterocycles. The molecule has 128 valence electrons. The Hall–Kier alpha value is -3.00. The molecule has 2 aromatic carbocycles. The van der Waals surface area contributed by atoms with E-state index in [9.17, 15) is 5.26 Å². The van der Waals surface area contributed by atoms with Gasteiger partial charge in [-0.05, 0) is 63.8 Å². The van der Waals surface area contributed by atoms with E-state index in [-0.39, 0.29) is 5.84 Å². The van der Waals surface area contributed by atoms with E-state index in [2.05, 4.69) is 32.9 Å². The topological polar surface area (TPSA) is 72.9 Å². The van der Waals surface area contributed by atoms with Crippen molar-refractivity contribution in [1.29, 1.82) is 5.26 Å². The fourth-order valence-electron chi connectivity index (χ4n) is 2.96. The van der Waals surface area contributed by atoms with Crippen LogP contribution in [-0.4, -0.2) is 5.84 Å². The van der Waals surface area contributed by atoms with Crippen LogP contribution >= 0.6 is 0 Å². The van der Waals surface area contributed by atoms with Crippen molar-refractivity contribution in [1.82, 2.24) is 0 Å². The zero-order valence-electron chi connectivity index (χ0n) is 15.6. The molecule has 1 N–H and O–H groups in total. The van der Waals surface area contributed by atoms with E-state index in [0.29, 0.717) is 0 Å². The van der Waals surface area contributed by atoms with Crippen LogP contribution in [0.2, 0.25) is 0 Å². The summed E-state index contributed by atoms with van der Waals surface area (Å²) in [5, 5.41) is 21.6. The quantitative estimate of drug-likeness (QED) is 0.345. The Morgan fingerprint density at radius 3 is 1.80 bits per heavy atom. The van der Waals surface area contributed by atoms with Crippen LogP contribution in [0.15, 0.2) is 39.6 Å². The van der Waals surface area contributed by atoms with Gasteiger partial charge in [0.1, 0.15) is 6.07 Å². The van der Waals surface area contributed by atoms with Crippen LogP contribution in [-0.2, 0) is 0 Å². The molecule has 0 bridgehead atoms. The molecule has 0 aliphatic heterocycles. The summed E-state index contributed by atoms with van der Waals surface area (Å²) in [7, 11) is 0. The predicted molar refractivity (Wildman–Crippen MR) is 102 cm³/mol. The summed E-state index contributed by atoms with van der Waals surface area (Å²) in [6.45, 7) is 12.1. The normalized spacial score (nSPS) is 11.6. The van der Waals surface area contributed by atoms with Crippen molar-refractivity contribution in [2.24, 2.45) is 15.3 Å². The Kier molecular flexibility index (Phi) is 5.66. The van der Waals surface area contributed by atoms with E-state index in [0.717, 1.165) is 33.6 Å². The minimum Gasteiger partial charge on any atom is -0.275 e. The first-order valence-electron chi connectivity index (χ1n) is 8.13. The largest absolute Gasteiger partial charge is 0.275 e. The Balaban J connectivity index is 2.27. The second-order valence-corrected chi connectivity index (χ2v) is 6.38. The first-order valence-corrected chi connectivity index (χ1v) is 8.13. The van der Waals surface area contributed by atoms with Crippen molar-refractivity contribution < 1.29 is 0 Å². The lowest BCUT2D eigenvalue weighted by molar-refractivity contribution is 1.18. The van der Waals surface area contributed by atoms with Crippen LogP contribution in [0.3, 0.4) is 0 Å². The number of nitrogens with one attached hydrogen (secondary N) is 1. The predicted octanol–water partition coefficient (Wildman–Crippen LogP) is 5.57. The zero-order chi connectivity index (χ0) is 18.6. The van der Waals surface area contributed by atoms with Gasteiger partial charge >= 0.3 is 0 Å². The van der Waals surface area contributed by atoms with Crippen molar-refractivity contribution in [3.05, 3.63) is 57.6 Å². The van der Waals surface area contributed by atoms with Crippen LogP contribution in [0.1, 0.15) is 33.4 Å². The van der Waals surface area contributed by atoms with Gasteiger partial charge in [0, 0.05) is 0 Å². The van der Waals surface area contributed by atoms with Crippen molar-refractivity contribution in [2.75, 3.05) is 5.43 Å². The van der Waals surface area contributed by atoms with Gasteiger partial charge < -0.3 is 0 Å². The van der Waals surface area contributed by atoms with E-state index in [1.165, 1.54) is 11.1 Å². The SMILES string of the molecule is Cc1cc(C)c(N=N/C(C#N)=N/Nc2c(C)cc(C)cc2C)c(C)c1. The van der Waals surface area contributed by atoms with Gasteiger partial charge in [-0.2, -0.15) is 5.26 Å². The number of hydrogen-bond acceptors (Lipinski definition) is 4. The highest BCUT2D eigenvalue weighted by atomic mass is 15.3.